The lowest BCUT2D eigenvalue weighted by molar-refractivity contribution is -0.187. The van der Waals surface area contributed by atoms with Gasteiger partial charge in [0, 0.05) is 13.1 Å². The Labute approximate surface area is 135 Å². The van der Waals surface area contributed by atoms with E-state index in [4.69, 9.17) is 9.84 Å². The van der Waals surface area contributed by atoms with Crippen molar-refractivity contribution in [2.45, 2.75) is 12.7 Å². The second kappa shape index (κ2) is 6.93. The molecule has 0 saturated carbocycles. The number of rotatable bonds is 4. The number of methoxy groups -OCH3 is 1. The maximum absolute atomic E-state index is 12.9. The van der Waals surface area contributed by atoms with Gasteiger partial charge in [-0.15, -0.1) is 0 Å². The molecule has 0 bridgehead atoms. The predicted octanol–water partition coefficient (Wildman–Crippen LogP) is 1.49. The number of hydrogen-bond acceptors (Lipinski definition) is 4. The molecule has 1 aromatic heterocycles. The first-order valence-electron chi connectivity index (χ1n) is 7.03. The zero-order valence-corrected chi connectivity index (χ0v) is 12.7. The molecule has 0 aliphatic carbocycles. The Morgan fingerprint density at radius 1 is 1.42 bits per heavy atom. The summed E-state index contributed by atoms with van der Waals surface area (Å²) >= 11 is 0. The lowest BCUT2D eigenvalue weighted by Crippen LogP contribution is -2.39. The summed E-state index contributed by atoms with van der Waals surface area (Å²) in [5.74, 6) is -4.76. The van der Waals surface area contributed by atoms with Gasteiger partial charge in [0.25, 0.3) is 0 Å². The van der Waals surface area contributed by atoms with E-state index in [1.807, 2.05) is 0 Å². The van der Waals surface area contributed by atoms with E-state index < -0.39 is 43.1 Å². The number of nitrogens with zero attached hydrogens (tertiary/aromatic N) is 2. The molecule has 1 fully saturated rings. The minimum Gasteiger partial charge on any atom is -0.495 e. The van der Waals surface area contributed by atoms with Gasteiger partial charge < -0.3 is 20.1 Å². The summed E-state index contributed by atoms with van der Waals surface area (Å²) in [6, 6.07) is 2.47. The van der Waals surface area contributed by atoms with Gasteiger partial charge in [0.1, 0.15) is 5.75 Å². The van der Waals surface area contributed by atoms with Crippen molar-refractivity contribution in [1.82, 2.24) is 15.2 Å². The molecule has 1 aliphatic heterocycles. The number of carbonyl (C=O) groups excluding carboxylic acids is 1. The molecule has 132 valence electrons. The number of carboxylic acids is 1. The van der Waals surface area contributed by atoms with Crippen LogP contribution in [-0.2, 0) is 11.3 Å². The predicted molar refractivity (Wildman–Crippen MR) is 75.3 cm³/mol. The molecule has 2 amide bonds. The molecule has 1 aromatic rings. The van der Waals surface area contributed by atoms with Crippen molar-refractivity contribution in [2.75, 3.05) is 20.2 Å². The van der Waals surface area contributed by atoms with Crippen molar-refractivity contribution in [3.05, 3.63) is 24.0 Å². The molecular formula is C14H16F3N3O4. The Morgan fingerprint density at radius 3 is 2.58 bits per heavy atom. The lowest BCUT2D eigenvalue weighted by Gasteiger charge is -2.18. The molecule has 0 spiro atoms. The number of halogens is 3. The molecule has 1 aliphatic rings. The minimum absolute atomic E-state index is 0.00769. The molecule has 7 nitrogen and oxygen atoms in total. The summed E-state index contributed by atoms with van der Waals surface area (Å²) in [5.41, 5.74) is 0.491. The van der Waals surface area contributed by atoms with Crippen molar-refractivity contribution in [1.29, 1.82) is 0 Å². The smallest absolute Gasteiger partial charge is 0.394 e. The number of pyridine rings is 1. The number of likely N-dealkylation sites (tertiary alicyclic amines) is 1. The fourth-order valence-electron chi connectivity index (χ4n) is 2.47. The summed E-state index contributed by atoms with van der Waals surface area (Å²) in [6.45, 7) is -1.16. The average molecular weight is 347 g/mol. The molecule has 1 saturated heterocycles. The van der Waals surface area contributed by atoms with Crippen molar-refractivity contribution in [2.24, 2.45) is 11.8 Å². The first kappa shape index (κ1) is 17.8. The highest BCUT2D eigenvalue weighted by Crippen LogP contribution is 2.37. The van der Waals surface area contributed by atoms with Gasteiger partial charge in [0.15, 0.2) is 0 Å². The number of urea groups is 1. The summed E-state index contributed by atoms with van der Waals surface area (Å²) in [4.78, 5) is 27.8. The van der Waals surface area contributed by atoms with Gasteiger partial charge in [-0.05, 0) is 12.1 Å². The van der Waals surface area contributed by atoms with Crippen LogP contribution in [0.4, 0.5) is 18.0 Å². The molecular weight excluding hydrogens is 331 g/mol. The van der Waals surface area contributed by atoms with Crippen LogP contribution in [0.1, 0.15) is 5.69 Å². The zero-order chi connectivity index (χ0) is 17.9. The van der Waals surface area contributed by atoms with Gasteiger partial charge in [-0.3, -0.25) is 9.78 Å². The Kier molecular flexibility index (Phi) is 5.15. The summed E-state index contributed by atoms with van der Waals surface area (Å²) in [7, 11) is 1.47. The quantitative estimate of drug-likeness (QED) is 0.861. The molecule has 2 N–H and O–H groups in total. The number of hydrogen-bond donors (Lipinski definition) is 2. The van der Waals surface area contributed by atoms with Crippen LogP contribution in [-0.4, -0.2) is 53.4 Å². The van der Waals surface area contributed by atoms with E-state index in [2.05, 4.69) is 10.3 Å². The van der Waals surface area contributed by atoms with Crippen LogP contribution >= 0.6 is 0 Å². The number of ether oxygens (including phenoxy) is 1. The van der Waals surface area contributed by atoms with E-state index >= 15 is 0 Å². The molecule has 0 unspecified atom stereocenters. The second-order valence-corrected chi connectivity index (χ2v) is 5.35. The highest BCUT2D eigenvalue weighted by molar-refractivity contribution is 5.77. The van der Waals surface area contributed by atoms with Gasteiger partial charge in [-0.1, -0.05) is 0 Å². The van der Waals surface area contributed by atoms with Gasteiger partial charge in [-0.2, -0.15) is 13.2 Å². The largest absolute Gasteiger partial charge is 0.495 e. The third kappa shape index (κ3) is 4.06. The number of aromatic nitrogens is 1. The third-order valence-corrected chi connectivity index (χ3v) is 3.80. The average Bonchev–Trinajstić information content (AvgIpc) is 2.99. The number of aliphatic carboxylic acids is 1. The van der Waals surface area contributed by atoms with Crippen molar-refractivity contribution in [3.63, 3.8) is 0 Å². The molecule has 10 heteroatoms. The number of alkyl halides is 3. The van der Waals surface area contributed by atoms with E-state index in [9.17, 15) is 22.8 Å². The van der Waals surface area contributed by atoms with E-state index in [1.54, 1.807) is 12.1 Å². The Morgan fingerprint density at radius 2 is 2.12 bits per heavy atom. The number of carbonyl (C=O) groups is 2. The summed E-state index contributed by atoms with van der Waals surface area (Å²) in [5, 5.41) is 11.4. The minimum atomic E-state index is -4.67. The second-order valence-electron chi connectivity index (χ2n) is 5.35. The van der Waals surface area contributed by atoms with Crippen molar-refractivity contribution >= 4 is 12.0 Å². The van der Waals surface area contributed by atoms with Crippen LogP contribution in [0.15, 0.2) is 18.3 Å². The van der Waals surface area contributed by atoms with Gasteiger partial charge in [0.2, 0.25) is 0 Å². The van der Waals surface area contributed by atoms with Gasteiger partial charge in [-0.25, -0.2) is 4.79 Å². The van der Waals surface area contributed by atoms with Crippen LogP contribution < -0.4 is 10.1 Å². The van der Waals surface area contributed by atoms with Crippen LogP contribution in [0.5, 0.6) is 5.75 Å². The first-order chi connectivity index (χ1) is 11.2. The highest BCUT2D eigenvalue weighted by Gasteiger charge is 2.53. The Bertz CT molecular complexity index is 606. The fraction of sp³-hybridized carbons (Fsp3) is 0.500. The molecule has 2 rings (SSSR count). The number of carboxylic acid groups (broad SMARTS) is 1. The maximum Gasteiger partial charge on any atom is 0.394 e. The standard InChI is InChI=1S/C14H16F3N3O4/c1-24-9-3-2-8(18-5-9)4-19-13(23)20-6-10(12(21)22)11(7-20)14(15,16)17/h2-3,5,10-11H,4,6-7H2,1H3,(H,19,23)(H,21,22)/t10-,11-/m1/s1. The topological polar surface area (TPSA) is 91.8 Å². The van der Waals surface area contributed by atoms with E-state index in [0.29, 0.717) is 11.4 Å². The molecule has 2 heterocycles. The third-order valence-electron chi connectivity index (χ3n) is 3.80. The first-order valence-corrected chi connectivity index (χ1v) is 7.03. The molecule has 2 atom stereocenters. The summed E-state index contributed by atoms with van der Waals surface area (Å²) in [6.07, 6.45) is -3.23. The van der Waals surface area contributed by atoms with E-state index in [0.717, 1.165) is 4.90 Å². The molecule has 0 aromatic carbocycles. The number of amides is 2. The summed E-state index contributed by atoms with van der Waals surface area (Å²) < 4.78 is 43.6. The van der Waals surface area contributed by atoms with Gasteiger partial charge >= 0.3 is 18.2 Å². The highest BCUT2D eigenvalue weighted by atomic mass is 19.4. The van der Waals surface area contributed by atoms with E-state index in [-0.39, 0.29) is 6.54 Å². The SMILES string of the molecule is COc1ccc(CNC(=O)N2C[C@@H](C(F)(F)F)[C@H](C(=O)O)C2)nc1. The van der Waals surface area contributed by atoms with Gasteiger partial charge in [0.05, 0.1) is 37.4 Å². The number of nitrogens with one attached hydrogen (secondary N) is 1. The zero-order valence-electron chi connectivity index (χ0n) is 12.7. The Balaban J connectivity index is 1.96. The monoisotopic (exact) mass is 347 g/mol. The molecule has 0 radical (unpaired) electrons. The van der Waals surface area contributed by atoms with Crippen LogP contribution in [0, 0.1) is 11.8 Å². The maximum atomic E-state index is 12.9. The normalized spacial score (nSPS) is 20.8. The van der Waals surface area contributed by atoms with Crippen molar-refractivity contribution in [3.8, 4) is 5.75 Å². The van der Waals surface area contributed by atoms with Crippen molar-refractivity contribution < 1.29 is 32.6 Å². The fourth-order valence-corrected chi connectivity index (χ4v) is 2.47. The molecule has 24 heavy (non-hydrogen) atoms. The Hall–Kier alpha value is -2.52. The van der Waals surface area contributed by atoms with Crippen LogP contribution in [0.2, 0.25) is 0 Å². The lowest BCUT2D eigenvalue weighted by atomic mass is 9.96. The van der Waals surface area contributed by atoms with E-state index in [1.165, 1.54) is 13.3 Å². The van der Waals surface area contributed by atoms with Crippen LogP contribution in [0.3, 0.4) is 0 Å². The van der Waals surface area contributed by atoms with Crippen LogP contribution in [0.25, 0.3) is 0 Å².